The summed E-state index contributed by atoms with van der Waals surface area (Å²) in [6, 6.07) is 10.4. The summed E-state index contributed by atoms with van der Waals surface area (Å²) < 4.78 is 18.0. The van der Waals surface area contributed by atoms with Gasteiger partial charge < -0.3 is 15.4 Å². The largest absolute Gasteiger partial charge is 0.454 e. The minimum absolute atomic E-state index is 0.209. The number of halogens is 2. The molecule has 8 heteroatoms. The number of carbonyl (C=O) groups excluding carboxylic acids is 3. The minimum atomic E-state index is -0.958. The standard InChI is InChI=1S/C20H20ClFN2O4/c1-12(2)18(24-19(26)13-3-7-15(22)8-4-13)20(27)28-11-17(25)23-16-9-5-14(21)6-10-16/h3-10,12,18H,11H2,1-2H3,(H,23,25)(H,24,26)/t18-/m0/s1. The van der Waals surface area contributed by atoms with Gasteiger partial charge in [0.1, 0.15) is 11.9 Å². The van der Waals surface area contributed by atoms with Crippen LogP contribution in [0.3, 0.4) is 0 Å². The molecule has 0 fully saturated rings. The summed E-state index contributed by atoms with van der Waals surface area (Å²) in [4.78, 5) is 36.5. The zero-order chi connectivity index (χ0) is 20.7. The molecule has 28 heavy (non-hydrogen) atoms. The molecule has 2 rings (SSSR count). The summed E-state index contributed by atoms with van der Waals surface area (Å²) in [5.74, 6) is -2.56. The molecule has 0 aromatic heterocycles. The molecule has 6 nitrogen and oxygen atoms in total. The summed E-state index contributed by atoms with van der Waals surface area (Å²) in [5.41, 5.74) is 0.718. The Morgan fingerprint density at radius 2 is 1.64 bits per heavy atom. The Labute approximate surface area is 167 Å². The van der Waals surface area contributed by atoms with Crippen LogP contribution in [0.25, 0.3) is 0 Å². The lowest BCUT2D eigenvalue weighted by molar-refractivity contribution is -0.150. The molecule has 2 aromatic carbocycles. The Bertz CT molecular complexity index is 838. The van der Waals surface area contributed by atoms with E-state index in [9.17, 15) is 18.8 Å². The third kappa shape index (κ3) is 6.35. The molecule has 0 unspecified atom stereocenters. The first-order chi connectivity index (χ1) is 13.3. The number of rotatable bonds is 7. The summed E-state index contributed by atoms with van der Waals surface area (Å²) in [6.45, 7) is 2.95. The lowest BCUT2D eigenvalue weighted by atomic mass is 10.0. The van der Waals surface area contributed by atoms with Gasteiger partial charge in [0.05, 0.1) is 0 Å². The van der Waals surface area contributed by atoms with Crippen molar-refractivity contribution in [1.82, 2.24) is 5.32 Å². The van der Waals surface area contributed by atoms with E-state index in [1.165, 1.54) is 12.1 Å². The predicted molar refractivity (Wildman–Crippen MR) is 104 cm³/mol. The van der Waals surface area contributed by atoms with Gasteiger partial charge in [-0.3, -0.25) is 9.59 Å². The van der Waals surface area contributed by atoms with Crippen LogP contribution in [0.2, 0.25) is 5.02 Å². The van der Waals surface area contributed by atoms with E-state index >= 15 is 0 Å². The number of carbonyl (C=O) groups is 3. The van der Waals surface area contributed by atoms with Crippen molar-refractivity contribution < 1.29 is 23.5 Å². The van der Waals surface area contributed by atoms with Gasteiger partial charge in [-0.2, -0.15) is 0 Å². The topological polar surface area (TPSA) is 84.5 Å². The summed E-state index contributed by atoms with van der Waals surface area (Å²) in [5, 5.41) is 5.65. The lowest BCUT2D eigenvalue weighted by Gasteiger charge is -2.20. The first kappa shape index (κ1) is 21.4. The fraction of sp³-hybridized carbons (Fsp3) is 0.250. The van der Waals surface area contributed by atoms with Gasteiger partial charge in [0.15, 0.2) is 6.61 Å². The van der Waals surface area contributed by atoms with E-state index in [0.717, 1.165) is 12.1 Å². The number of amides is 2. The van der Waals surface area contributed by atoms with Gasteiger partial charge in [-0.25, -0.2) is 9.18 Å². The molecule has 0 saturated carbocycles. The first-order valence-electron chi connectivity index (χ1n) is 8.54. The fourth-order valence-electron chi connectivity index (χ4n) is 2.28. The Morgan fingerprint density at radius 3 is 2.21 bits per heavy atom. The normalized spacial score (nSPS) is 11.6. The number of ether oxygens (including phenoxy) is 1. The summed E-state index contributed by atoms with van der Waals surface area (Å²) >= 11 is 5.77. The van der Waals surface area contributed by atoms with Crippen molar-refractivity contribution in [3.05, 3.63) is 64.9 Å². The third-order valence-electron chi connectivity index (χ3n) is 3.79. The summed E-state index contributed by atoms with van der Waals surface area (Å²) in [7, 11) is 0. The van der Waals surface area contributed by atoms with E-state index in [-0.39, 0.29) is 11.5 Å². The molecule has 0 aliphatic heterocycles. The van der Waals surface area contributed by atoms with Gasteiger partial charge in [-0.1, -0.05) is 25.4 Å². The quantitative estimate of drug-likeness (QED) is 0.690. The van der Waals surface area contributed by atoms with Crippen LogP contribution in [0.1, 0.15) is 24.2 Å². The zero-order valence-corrected chi connectivity index (χ0v) is 16.1. The van der Waals surface area contributed by atoms with Gasteiger partial charge in [-0.05, 0) is 54.4 Å². The molecule has 148 valence electrons. The average Bonchev–Trinajstić information content (AvgIpc) is 2.66. The van der Waals surface area contributed by atoms with Crippen LogP contribution in [0.5, 0.6) is 0 Å². The second-order valence-electron chi connectivity index (χ2n) is 6.36. The molecule has 2 N–H and O–H groups in total. The molecular formula is C20H20ClFN2O4. The van der Waals surface area contributed by atoms with Crippen LogP contribution in [0.4, 0.5) is 10.1 Å². The van der Waals surface area contributed by atoms with E-state index in [4.69, 9.17) is 16.3 Å². The minimum Gasteiger partial charge on any atom is -0.454 e. The Hall–Kier alpha value is -2.93. The fourth-order valence-corrected chi connectivity index (χ4v) is 2.41. The monoisotopic (exact) mass is 406 g/mol. The van der Waals surface area contributed by atoms with Crippen molar-refractivity contribution in [2.45, 2.75) is 19.9 Å². The maximum atomic E-state index is 13.0. The van der Waals surface area contributed by atoms with E-state index in [1.54, 1.807) is 38.1 Å². The molecule has 2 aromatic rings. The average molecular weight is 407 g/mol. The van der Waals surface area contributed by atoms with Crippen LogP contribution in [0, 0.1) is 11.7 Å². The molecule has 0 aliphatic carbocycles. The highest BCUT2D eigenvalue weighted by atomic mass is 35.5. The second-order valence-corrected chi connectivity index (χ2v) is 6.80. The number of esters is 1. The molecule has 0 bridgehead atoms. The van der Waals surface area contributed by atoms with Crippen LogP contribution in [-0.4, -0.2) is 30.4 Å². The Balaban J connectivity index is 1.91. The zero-order valence-electron chi connectivity index (χ0n) is 15.4. The van der Waals surface area contributed by atoms with Gasteiger partial charge in [0, 0.05) is 16.3 Å². The van der Waals surface area contributed by atoms with E-state index in [1.807, 2.05) is 0 Å². The Kier molecular flexibility index (Phi) is 7.52. The van der Waals surface area contributed by atoms with Crippen LogP contribution in [0.15, 0.2) is 48.5 Å². The van der Waals surface area contributed by atoms with E-state index in [0.29, 0.717) is 10.7 Å². The molecule has 0 heterocycles. The first-order valence-corrected chi connectivity index (χ1v) is 8.92. The van der Waals surface area contributed by atoms with Crippen LogP contribution >= 0.6 is 11.6 Å². The van der Waals surface area contributed by atoms with Crippen molar-refractivity contribution in [2.75, 3.05) is 11.9 Å². The molecule has 0 radical (unpaired) electrons. The highest BCUT2D eigenvalue weighted by molar-refractivity contribution is 6.30. The van der Waals surface area contributed by atoms with E-state index in [2.05, 4.69) is 10.6 Å². The number of nitrogens with one attached hydrogen (secondary N) is 2. The molecule has 0 spiro atoms. The van der Waals surface area contributed by atoms with Crippen LogP contribution < -0.4 is 10.6 Å². The van der Waals surface area contributed by atoms with Crippen molar-refractivity contribution in [3.63, 3.8) is 0 Å². The lowest BCUT2D eigenvalue weighted by Crippen LogP contribution is -2.45. The molecular weight excluding hydrogens is 387 g/mol. The number of benzene rings is 2. The predicted octanol–water partition coefficient (Wildman–Crippen LogP) is 3.42. The molecule has 0 saturated heterocycles. The maximum Gasteiger partial charge on any atom is 0.329 e. The SMILES string of the molecule is CC(C)[C@H](NC(=O)c1ccc(F)cc1)C(=O)OCC(=O)Nc1ccc(Cl)cc1. The highest BCUT2D eigenvalue weighted by Gasteiger charge is 2.26. The maximum absolute atomic E-state index is 13.0. The van der Waals surface area contributed by atoms with Crippen molar-refractivity contribution >= 4 is 35.1 Å². The van der Waals surface area contributed by atoms with Gasteiger partial charge in [0.2, 0.25) is 0 Å². The summed E-state index contributed by atoms with van der Waals surface area (Å²) in [6.07, 6.45) is 0. The molecule has 0 aliphatic rings. The van der Waals surface area contributed by atoms with Gasteiger partial charge in [-0.15, -0.1) is 0 Å². The van der Waals surface area contributed by atoms with Crippen molar-refractivity contribution in [3.8, 4) is 0 Å². The van der Waals surface area contributed by atoms with Crippen LogP contribution in [-0.2, 0) is 14.3 Å². The second kappa shape index (κ2) is 9.85. The van der Waals surface area contributed by atoms with Gasteiger partial charge >= 0.3 is 5.97 Å². The Morgan fingerprint density at radius 1 is 1.04 bits per heavy atom. The van der Waals surface area contributed by atoms with Gasteiger partial charge in [0.25, 0.3) is 11.8 Å². The number of anilines is 1. The number of hydrogen-bond acceptors (Lipinski definition) is 4. The van der Waals surface area contributed by atoms with Crippen molar-refractivity contribution in [2.24, 2.45) is 5.92 Å². The molecule has 1 atom stereocenters. The number of hydrogen-bond donors (Lipinski definition) is 2. The third-order valence-corrected chi connectivity index (χ3v) is 4.04. The highest BCUT2D eigenvalue weighted by Crippen LogP contribution is 2.13. The van der Waals surface area contributed by atoms with Crippen molar-refractivity contribution in [1.29, 1.82) is 0 Å². The van der Waals surface area contributed by atoms with E-state index < -0.39 is 36.2 Å². The molecule has 2 amide bonds. The smallest absolute Gasteiger partial charge is 0.329 e.